The van der Waals surface area contributed by atoms with Crippen LogP contribution in [-0.4, -0.2) is 18.2 Å². The Kier molecular flexibility index (Phi) is 6.85. The maximum atomic E-state index is 11.7. The van der Waals surface area contributed by atoms with E-state index in [0.29, 0.717) is 21.5 Å². The van der Waals surface area contributed by atoms with Gasteiger partial charge in [-0.25, -0.2) is 5.43 Å². The predicted octanol–water partition coefficient (Wildman–Crippen LogP) is 4.58. The van der Waals surface area contributed by atoms with Crippen molar-refractivity contribution in [3.63, 3.8) is 0 Å². The zero-order valence-corrected chi connectivity index (χ0v) is 14.5. The first kappa shape index (κ1) is 18.0. The number of halogens is 2. The standard InChI is InChI=1S/C18H16Cl2N2O2/c1-13(7-8-14-5-3-2-4-6-14)21-22-18(23)12-24-17-10-9-15(19)11-16(17)20/h2-11H,12H2,1H3,(H,22,23)/b8-7+,21-13+. The Morgan fingerprint density at radius 3 is 2.67 bits per heavy atom. The minimum Gasteiger partial charge on any atom is -0.482 e. The highest BCUT2D eigenvalue weighted by atomic mass is 35.5. The van der Waals surface area contributed by atoms with Crippen molar-refractivity contribution in [2.24, 2.45) is 5.10 Å². The maximum absolute atomic E-state index is 11.7. The summed E-state index contributed by atoms with van der Waals surface area (Å²) in [5, 5.41) is 4.83. The van der Waals surface area contributed by atoms with E-state index in [1.165, 1.54) is 0 Å². The van der Waals surface area contributed by atoms with Crippen molar-refractivity contribution in [3.8, 4) is 5.75 Å². The number of rotatable bonds is 6. The Labute approximate surface area is 150 Å². The number of allylic oxidation sites excluding steroid dienone is 1. The number of carbonyl (C=O) groups is 1. The molecular weight excluding hydrogens is 347 g/mol. The first-order chi connectivity index (χ1) is 11.5. The van der Waals surface area contributed by atoms with E-state index in [9.17, 15) is 4.79 Å². The summed E-state index contributed by atoms with van der Waals surface area (Å²) in [5.74, 6) is 0.00868. The van der Waals surface area contributed by atoms with Gasteiger partial charge in [-0.1, -0.05) is 59.6 Å². The summed E-state index contributed by atoms with van der Waals surface area (Å²) < 4.78 is 5.33. The molecule has 1 N–H and O–H groups in total. The quantitative estimate of drug-likeness (QED) is 0.603. The maximum Gasteiger partial charge on any atom is 0.277 e. The first-order valence-electron chi connectivity index (χ1n) is 7.19. The van der Waals surface area contributed by atoms with Crippen molar-refractivity contribution in [2.45, 2.75) is 6.92 Å². The SMILES string of the molecule is CC(/C=C/c1ccccc1)=N\NC(=O)COc1ccc(Cl)cc1Cl. The third-order valence-electron chi connectivity index (χ3n) is 2.93. The van der Waals surface area contributed by atoms with Gasteiger partial charge in [-0.05, 0) is 36.8 Å². The largest absolute Gasteiger partial charge is 0.482 e. The Hall–Kier alpha value is -2.30. The number of hydrogen-bond acceptors (Lipinski definition) is 3. The van der Waals surface area contributed by atoms with E-state index in [-0.39, 0.29) is 12.5 Å². The van der Waals surface area contributed by atoms with Gasteiger partial charge in [0.25, 0.3) is 5.91 Å². The van der Waals surface area contributed by atoms with Crippen molar-refractivity contribution in [1.29, 1.82) is 0 Å². The van der Waals surface area contributed by atoms with Gasteiger partial charge >= 0.3 is 0 Å². The fraction of sp³-hybridized carbons (Fsp3) is 0.111. The van der Waals surface area contributed by atoms with Crippen molar-refractivity contribution in [3.05, 3.63) is 70.2 Å². The number of hydrogen-bond donors (Lipinski definition) is 1. The van der Waals surface area contributed by atoms with E-state index < -0.39 is 0 Å². The van der Waals surface area contributed by atoms with Crippen LogP contribution in [0.1, 0.15) is 12.5 Å². The van der Waals surface area contributed by atoms with Gasteiger partial charge in [0, 0.05) is 5.02 Å². The monoisotopic (exact) mass is 362 g/mol. The van der Waals surface area contributed by atoms with E-state index in [0.717, 1.165) is 5.56 Å². The Morgan fingerprint density at radius 1 is 1.21 bits per heavy atom. The third-order valence-corrected chi connectivity index (χ3v) is 3.46. The lowest BCUT2D eigenvalue weighted by Gasteiger charge is -2.07. The molecule has 0 radical (unpaired) electrons. The number of carbonyl (C=O) groups excluding carboxylic acids is 1. The van der Waals surface area contributed by atoms with Crippen molar-refractivity contribution in [1.82, 2.24) is 5.43 Å². The van der Waals surface area contributed by atoms with Crippen LogP contribution in [0.5, 0.6) is 5.75 Å². The summed E-state index contributed by atoms with van der Waals surface area (Å²) in [6.07, 6.45) is 3.72. The molecule has 2 aromatic rings. The topological polar surface area (TPSA) is 50.7 Å². The van der Waals surface area contributed by atoms with Crippen LogP contribution in [0, 0.1) is 0 Å². The molecule has 0 aliphatic rings. The molecule has 0 spiro atoms. The molecule has 0 saturated carbocycles. The summed E-state index contributed by atoms with van der Waals surface area (Å²) in [6.45, 7) is 1.59. The highest BCUT2D eigenvalue weighted by Crippen LogP contribution is 2.27. The first-order valence-corrected chi connectivity index (χ1v) is 7.94. The van der Waals surface area contributed by atoms with Crippen LogP contribution in [0.25, 0.3) is 6.08 Å². The zero-order valence-electron chi connectivity index (χ0n) is 13.0. The second-order valence-electron chi connectivity index (χ2n) is 4.90. The van der Waals surface area contributed by atoms with Gasteiger partial charge in [0.15, 0.2) is 6.61 Å². The van der Waals surface area contributed by atoms with Gasteiger partial charge in [0.05, 0.1) is 10.7 Å². The highest BCUT2D eigenvalue weighted by Gasteiger charge is 2.05. The Bertz CT molecular complexity index is 759. The number of benzene rings is 2. The smallest absolute Gasteiger partial charge is 0.277 e. The molecule has 2 aromatic carbocycles. The van der Waals surface area contributed by atoms with Crippen molar-refractivity contribution in [2.75, 3.05) is 6.61 Å². The van der Waals surface area contributed by atoms with Crippen LogP contribution in [0.3, 0.4) is 0 Å². The highest BCUT2D eigenvalue weighted by molar-refractivity contribution is 6.35. The Morgan fingerprint density at radius 2 is 1.96 bits per heavy atom. The molecule has 1 amide bonds. The van der Waals surface area contributed by atoms with Crippen LogP contribution >= 0.6 is 23.2 Å². The number of nitrogens with one attached hydrogen (secondary N) is 1. The number of nitrogens with zero attached hydrogens (tertiary/aromatic N) is 1. The molecule has 0 saturated heterocycles. The van der Waals surface area contributed by atoms with Gasteiger partial charge in [-0.3, -0.25) is 4.79 Å². The lowest BCUT2D eigenvalue weighted by Crippen LogP contribution is -2.25. The van der Waals surface area contributed by atoms with Crippen LogP contribution < -0.4 is 10.2 Å². The van der Waals surface area contributed by atoms with E-state index in [1.807, 2.05) is 42.5 Å². The number of hydrazone groups is 1. The normalized spacial score (nSPS) is 11.5. The minimum absolute atomic E-state index is 0.194. The molecule has 0 aromatic heterocycles. The van der Waals surface area contributed by atoms with Gasteiger partial charge in [-0.2, -0.15) is 5.10 Å². The summed E-state index contributed by atoms with van der Waals surface area (Å²) in [7, 11) is 0. The molecule has 0 bridgehead atoms. The van der Waals surface area contributed by atoms with Gasteiger partial charge in [-0.15, -0.1) is 0 Å². The molecule has 0 aliphatic carbocycles. The van der Waals surface area contributed by atoms with Crippen LogP contribution in [-0.2, 0) is 4.79 Å². The molecule has 6 heteroatoms. The number of amides is 1. The van der Waals surface area contributed by atoms with Crippen LogP contribution in [0.4, 0.5) is 0 Å². The molecule has 0 unspecified atom stereocenters. The van der Waals surface area contributed by atoms with Crippen molar-refractivity contribution < 1.29 is 9.53 Å². The molecule has 0 aliphatic heterocycles. The Balaban J connectivity index is 1.82. The summed E-state index contributed by atoms with van der Waals surface area (Å²) in [5.41, 5.74) is 4.14. The fourth-order valence-electron chi connectivity index (χ4n) is 1.74. The average Bonchev–Trinajstić information content (AvgIpc) is 2.58. The number of ether oxygens (including phenoxy) is 1. The predicted molar refractivity (Wildman–Crippen MR) is 98.7 cm³/mol. The van der Waals surface area contributed by atoms with Crippen LogP contribution in [0.2, 0.25) is 10.0 Å². The molecule has 0 fully saturated rings. The van der Waals surface area contributed by atoms with Gasteiger partial charge in [0.2, 0.25) is 0 Å². The van der Waals surface area contributed by atoms with E-state index in [4.69, 9.17) is 27.9 Å². The third kappa shape index (κ3) is 6.07. The summed E-state index contributed by atoms with van der Waals surface area (Å²) in [4.78, 5) is 11.7. The van der Waals surface area contributed by atoms with E-state index >= 15 is 0 Å². The van der Waals surface area contributed by atoms with E-state index in [2.05, 4.69) is 10.5 Å². The summed E-state index contributed by atoms with van der Waals surface area (Å²) in [6, 6.07) is 14.6. The molecule has 2 rings (SSSR count). The lowest BCUT2D eigenvalue weighted by atomic mass is 10.2. The van der Waals surface area contributed by atoms with Gasteiger partial charge < -0.3 is 4.74 Å². The molecule has 4 nitrogen and oxygen atoms in total. The zero-order chi connectivity index (χ0) is 17.4. The minimum atomic E-state index is -0.381. The molecule has 0 atom stereocenters. The molecular formula is C18H16Cl2N2O2. The van der Waals surface area contributed by atoms with Crippen molar-refractivity contribution >= 4 is 40.9 Å². The second kappa shape index (κ2) is 9.11. The van der Waals surface area contributed by atoms with E-state index in [1.54, 1.807) is 25.1 Å². The fourth-order valence-corrected chi connectivity index (χ4v) is 2.20. The lowest BCUT2D eigenvalue weighted by molar-refractivity contribution is -0.123. The molecule has 0 heterocycles. The second-order valence-corrected chi connectivity index (χ2v) is 5.74. The molecule has 24 heavy (non-hydrogen) atoms. The summed E-state index contributed by atoms with van der Waals surface area (Å²) >= 11 is 11.8. The average molecular weight is 363 g/mol. The molecule has 124 valence electrons. The van der Waals surface area contributed by atoms with Gasteiger partial charge in [0.1, 0.15) is 5.75 Å². The van der Waals surface area contributed by atoms with Crippen LogP contribution in [0.15, 0.2) is 59.7 Å².